The summed E-state index contributed by atoms with van der Waals surface area (Å²) in [5.41, 5.74) is -7.14. The van der Waals surface area contributed by atoms with Gasteiger partial charge < -0.3 is 19.7 Å². The van der Waals surface area contributed by atoms with Crippen LogP contribution in [0.1, 0.15) is 58.5 Å². The maximum Gasteiger partial charge on any atom is 0.420 e. The van der Waals surface area contributed by atoms with Crippen LogP contribution in [0.2, 0.25) is 0 Å². The average Bonchev–Trinajstić information content (AvgIpc) is 3.58. The summed E-state index contributed by atoms with van der Waals surface area (Å²) in [5.74, 6) is -11.6. The lowest BCUT2D eigenvalue weighted by Gasteiger charge is -2.29. The molecule has 3 aliphatic heterocycles. The lowest BCUT2D eigenvalue weighted by Crippen LogP contribution is -2.54. The molecule has 64 heavy (non-hydrogen) atoms. The lowest BCUT2D eigenvalue weighted by molar-refractivity contribution is -0.140. The van der Waals surface area contributed by atoms with Gasteiger partial charge in [0.2, 0.25) is 11.8 Å². The molecule has 4 aromatic rings. The predicted octanol–water partition coefficient (Wildman–Crippen LogP) is 5.09. The molecule has 15 nitrogen and oxygen atoms in total. The number of nitrogens with zero attached hydrogens (tertiary/aromatic N) is 5. The lowest BCUT2D eigenvalue weighted by atomic mass is 10.0. The molecule has 2 saturated heterocycles. The molecule has 1 unspecified atom stereocenters. The van der Waals surface area contributed by atoms with E-state index in [1.165, 1.54) is 38.1 Å². The number of rotatable bonds is 11. The number of thiocarbonyl (C=S) groups is 1. The van der Waals surface area contributed by atoms with E-state index in [0.717, 1.165) is 28.1 Å². The van der Waals surface area contributed by atoms with E-state index in [0.29, 0.717) is 23.1 Å². The van der Waals surface area contributed by atoms with Crippen LogP contribution in [0.3, 0.4) is 0 Å². The molecule has 3 aromatic carbocycles. The zero-order chi connectivity index (χ0) is 46.6. The van der Waals surface area contributed by atoms with Crippen molar-refractivity contribution in [2.24, 2.45) is 0 Å². The third kappa shape index (κ3) is 7.80. The standard InChI is InChI=1S/C41H28F7N7O8S/c1-40(2)38(61)54(25-7-6-18(15-49)31(32(25)45)41(46,47)48)39(64)55(40)20-14-22(42)33(51-16-20)19-12-23(43)34(24(44)13-19)62-11-10-50-29(57)17-63-27-5-3-4-21-30(27)37(60)53(36(21)59)26-8-9-28(56)52-35(26)58/h3-7,12-14,16,26H,8-11,17H2,1-2H3,(H,50,57)(H,52,56,58). The number of aromatic nitrogens is 1. The summed E-state index contributed by atoms with van der Waals surface area (Å²) in [4.78, 5) is 82.4. The average molecular weight is 912 g/mol. The number of nitrogens with one attached hydrogen (secondary N) is 2. The number of anilines is 2. The summed E-state index contributed by atoms with van der Waals surface area (Å²) in [6.07, 6.45) is -4.51. The van der Waals surface area contributed by atoms with Gasteiger partial charge in [-0.2, -0.15) is 18.4 Å². The van der Waals surface area contributed by atoms with Crippen molar-refractivity contribution in [1.82, 2.24) is 20.5 Å². The minimum Gasteiger partial charge on any atom is -0.486 e. The molecule has 1 atom stereocenters. The molecule has 0 radical (unpaired) electrons. The number of hydrogen-bond donors (Lipinski definition) is 2. The maximum absolute atomic E-state index is 15.7. The number of amides is 6. The van der Waals surface area contributed by atoms with E-state index in [-0.39, 0.29) is 42.0 Å². The molecule has 6 amide bonds. The Morgan fingerprint density at radius 2 is 1.70 bits per heavy atom. The third-order valence-electron chi connectivity index (χ3n) is 10.3. The number of ether oxygens (including phenoxy) is 2. The van der Waals surface area contributed by atoms with Gasteiger partial charge >= 0.3 is 6.18 Å². The number of hydrogen-bond acceptors (Lipinski definition) is 11. The van der Waals surface area contributed by atoms with E-state index in [1.807, 2.05) is 0 Å². The third-order valence-corrected chi connectivity index (χ3v) is 10.6. The van der Waals surface area contributed by atoms with Crippen molar-refractivity contribution >= 4 is 64.1 Å². The first-order chi connectivity index (χ1) is 30.2. The highest BCUT2D eigenvalue weighted by Gasteiger charge is 2.52. The fourth-order valence-corrected chi connectivity index (χ4v) is 7.80. The van der Waals surface area contributed by atoms with Crippen molar-refractivity contribution in [3.8, 4) is 28.8 Å². The molecule has 0 bridgehead atoms. The topological polar surface area (TPSA) is 191 Å². The van der Waals surface area contributed by atoms with Crippen LogP contribution in [0.25, 0.3) is 11.3 Å². The van der Waals surface area contributed by atoms with Crippen LogP contribution < -0.4 is 29.9 Å². The SMILES string of the molecule is CC1(C)C(=O)N(c2ccc(C#N)c(C(F)(F)F)c2F)C(=S)N1c1cnc(-c2cc(F)c(OCCNC(=O)COc3cccc4c3C(=O)N(C3CCC(=O)NC3=O)C4=O)c(F)c2)c(F)c1. The van der Waals surface area contributed by atoms with Gasteiger partial charge in [0.1, 0.15) is 35.2 Å². The Hall–Kier alpha value is -7.48. The number of alkyl halides is 3. The van der Waals surface area contributed by atoms with Crippen molar-refractivity contribution in [2.45, 2.75) is 44.4 Å². The Labute approximate surface area is 361 Å². The molecule has 2 N–H and O–H groups in total. The Kier molecular flexibility index (Phi) is 11.6. The highest BCUT2D eigenvalue weighted by atomic mass is 32.1. The fraction of sp³-hybridized carbons (Fsp3) is 0.244. The summed E-state index contributed by atoms with van der Waals surface area (Å²) in [6.45, 7) is 1.06. The summed E-state index contributed by atoms with van der Waals surface area (Å²) in [5, 5.41) is 13.0. The van der Waals surface area contributed by atoms with E-state index < -0.39 is 129 Å². The predicted molar refractivity (Wildman–Crippen MR) is 209 cm³/mol. The van der Waals surface area contributed by atoms with Crippen LogP contribution in [0, 0.1) is 34.6 Å². The van der Waals surface area contributed by atoms with Crippen LogP contribution in [0.4, 0.5) is 42.1 Å². The Balaban J connectivity index is 0.978. The number of carbonyl (C=O) groups is 6. The Bertz CT molecular complexity index is 2760. The number of benzene rings is 3. The molecule has 330 valence electrons. The number of carbonyl (C=O) groups excluding carboxylic acids is 6. The molecule has 3 aliphatic rings. The second-order valence-corrected chi connectivity index (χ2v) is 15.0. The van der Waals surface area contributed by atoms with Crippen LogP contribution in [0.15, 0.2) is 54.7 Å². The number of imide groups is 2. The van der Waals surface area contributed by atoms with Crippen molar-refractivity contribution < 1.29 is 69.0 Å². The second-order valence-electron chi connectivity index (χ2n) is 14.7. The van der Waals surface area contributed by atoms with Crippen LogP contribution in [-0.2, 0) is 25.4 Å². The van der Waals surface area contributed by atoms with Crippen molar-refractivity contribution in [3.63, 3.8) is 0 Å². The highest BCUT2D eigenvalue weighted by Crippen LogP contribution is 2.43. The molecule has 4 heterocycles. The number of piperidine rings is 1. The molecular weight excluding hydrogens is 884 g/mol. The summed E-state index contributed by atoms with van der Waals surface area (Å²) in [6, 6.07) is 7.70. The van der Waals surface area contributed by atoms with Gasteiger partial charge in [0, 0.05) is 18.1 Å². The molecular formula is C41H28F7N7O8S. The van der Waals surface area contributed by atoms with Crippen LogP contribution in [0.5, 0.6) is 11.5 Å². The molecule has 2 fully saturated rings. The van der Waals surface area contributed by atoms with Gasteiger partial charge in [0.15, 0.2) is 40.7 Å². The van der Waals surface area contributed by atoms with Crippen molar-refractivity contribution in [2.75, 3.05) is 29.6 Å². The summed E-state index contributed by atoms with van der Waals surface area (Å²) in [7, 11) is 0. The fourth-order valence-electron chi connectivity index (χ4n) is 7.29. The molecule has 7 rings (SSSR count). The van der Waals surface area contributed by atoms with Gasteiger partial charge in [-0.1, -0.05) is 6.07 Å². The molecule has 1 aromatic heterocycles. The zero-order valence-electron chi connectivity index (χ0n) is 32.9. The van der Waals surface area contributed by atoms with Crippen LogP contribution in [-0.4, -0.2) is 81.8 Å². The van der Waals surface area contributed by atoms with E-state index in [1.54, 1.807) is 0 Å². The molecule has 23 heteroatoms. The van der Waals surface area contributed by atoms with E-state index in [9.17, 15) is 41.9 Å². The first-order valence-corrected chi connectivity index (χ1v) is 19.1. The number of nitriles is 1. The highest BCUT2D eigenvalue weighted by molar-refractivity contribution is 7.81. The normalized spacial score (nSPS) is 17.1. The van der Waals surface area contributed by atoms with Gasteiger partial charge in [-0.15, -0.1) is 0 Å². The zero-order valence-corrected chi connectivity index (χ0v) is 33.7. The van der Waals surface area contributed by atoms with Gasteiger partial charge in [0.25, 0.3) is 23.6 Å². The van der Waals surface area contributed by atoms with Crippen molar-refractivity contribution in [1.29, 1.82) is 5.26 Å². The Morgan fingerprint density at radius 3 is 2.34 bits per heavy atom. The molecule has 0 saturated carbocycles. The minimum atomic E-state index is -5.32. The number of fused-ring (bicyclic) bond motifs is 1. The van der Waals surface area contributed by atoms with E-state index in [2.05, 4.69) is 15.6 Å². The maximum atomic E-state index is 15.7. The smallest absolute Gasteiger partial charge is 0.420 e. The quantitative estimate of drug-likeness (QED) is 0.0879. The van der Waals surface area contributed by atoms with Gasteiger partial charge in [-0.25, -0.2) is 17.6 Å². The van der Waals surface area contributed by atoms with E-state index >= 15 is 17.6 Å². The first-order valence-electron chi connectivity index (χ1n) is 18.7. The number of halogens is 7. The molecule has 0 spiro atoms. The minimum absolute atomic E-state index is 0.0723. The second kappa shape index (κ2) is 16.7. The summed E-state index contributed by atoms with van der Waals surface area (Å²) < 4.78 is 113. The van der Waals surface area contributed by atoms with E-state index in [4.69, 9.17) is 27.0 Å². The molecule has 0 aliphatic carbocycles. The van der Waals surface area contributed by atoms with Crippen molar-refractivity contribution in [3.05, 3.63) is 100 Å². The first kappa shape index (κ1) is 44.6. The van der Waals surface area contributed by atoms with Gasteiger partial charge in [-0.3, -0.25) is 48.9 Å². The van der Waals surface area contributed by atoms with Gasteiger partial charge in [0.05, 0.1) is 46.9 Å². The largest absolute Gasteiger partial charge is 0.486 e. The number of pyridine rings is 1. The monoisotopic (exact) mass is 911 g/mol. The summed E-state index contributed by atoms with van der Waals surface area (Å²) >= 11 is 5.35. The Morgan fingerprint density at radius 1 is 1.00 bits per heavy atom. The van der Waals surface area contributed by atoms with Crippen LogP contribution >= 0.6 is 12.2 Å². The van der Waals surface area contributed by atoms with Gasteiger partial charge in [-0.05, 0) is 68.9 Å².